The van der Waals surface area contributed by atoms with Crippen molar-refractivity contribution >= 4 is 34.5 Å². The van der Waals surface area contributed by atoms with Crippen molar-refractivity contribution in [3.05, 3.63) is 47.7 Å². The number of nitrogens with two attached hydrogens (primary N) is 2. The molecule has 0 spiro atoms. The average Bonchev–Trinajstić information content (AvgIpc) is 2.18. The van der Waals surface area contributed by atoms with Crippen molar-refractivity contribution in [1.82, 2.24) is 0 Å². The van der Waals surface area contributed by atoms with E-state index in [0.717, 1.165) is 11.1 Å². The Kier molecular flexibility index (Phi) is 2.87. The summed E-state index contributed by atoms with van der Waals surface area (Å²) in [5.74, 6) is 0. The number of benzene rings is 1. The molecule has 1 aromatic rings. The fourth-order valence-corrected chi connectivity index (χ4v) is 2.35. The third kappa shape index (κ3) is 2.18. The van der Waals surface area contributed by atoms with E-state index in [1.165, 1.54) is 0 Å². The molecule has 0 heterocycles. The molecule has 2 rings (SSSR count). The SMILES string of the molecule is NC1=CC=C(c2ccc(N)cc2)C(Cl)(Cl)C1. The van der Waals surface area contributed by atoms with Crippen LogP contribution in [0.2, 0.25) is 0 Å². The fraction of sp³-hybridized carbons (Fsp3) is 0.167. The van der Waals surface area contributed by atoms with E-state index in [4.69, 9.17) is 34.7 Å². The van der Waals surface area contributed by atoms with E-state index in [-0.39, 0.29) is 0 Å². The first-order chi connectivity index (χ1) is 7.49. The molecule has 0 unspecified atom stereocenters. The Balaban J connectivity index is 2.43. The van der Waals surface area contributed by atoms with Crippen LogP contribution >= 0.6 is 23.2 Å². The van der Waals surface area contributed by atoms with Gasteiger partial charge in [-0.25, -0.2) is 0 Å². The van der Waals surface area contributed by atoms with Gasteiger partial charge in [0, 0.05) is 17.8 Å². The molecule has 84 valence electrons. The van der Waals surface area contributed by atoms with Gasteiger partial charge in [0.05, 0.1) is 0 Å². The smallest absolute Gasteiger partial charge is 0.149 e. The van der Waals surface area contributed by atoms with Gasteiger partial charge in [-0.05, 0) is 29.3 Å². The van der Waals surface area contributed by atoms with E-state index in [1.54, 1.807) is 0 Å². The molecule has 1 aliphatic carbocycles. The van der Waals surface area contributed by atoms with Crippen LogP contribution in [-0.4, -0.2) is 4.33 Å². The maximum atomic E-state index is 6.25. The summed E-state index contributed by atoms with van der Waals surface area (Å²) >= 11 is 12.5. The molecule has 0 atom stereocenters. The molecule has 0 bridgehead atoms. The predicted molar refractivity (Wildman–Crippen MR) is 70.2 cm³/mol. The molecule has 4 N–H and O–H groups in total. The predicted octanol–water partition coefficient (Wildman–Crippen LogP) is 3.07. The second kappa shape index (κ2) is 4.04. The first kappa shape index (κ1) is 11.4. The lowest BCUT2D eigenvalue weighted by Crippen LogP contribution is -2.21. The summed E-state index contributed by atoms with van der Waals surface area (Å²) < 4.78 is -0.963. The van der Waals surface area contributed by atoms with Gasteiger partial charge in [0.25, 0.3) is 0 Å². The van der Waals surface area contributed by atoms with Gasteiger partial charge in [-0.1, -0.05) is 41.4 Å². The second-order valence-electron chi connectivity index (χ2n) is 3.83. The number of anilines is 1. The third-order valence-electron chi connectivity index (χ3n) is 2.51. The molecule has 0 fully saturated rings. The lowest BCUT2D eigenvalue weighted by atomic mass is 9.95. The number of alkyl halides is 2. The average molecular weight is 255 g/mol. The van der Waals surface area contributed by atoms with Crippen molar-refractivity contribution in [2.75, 3.05) is 5.73 Å². The van der Waals surface area contributed by atoms with Crippen molar-refractivity contribution in [2.45, 2.75) is 10.8 Å². The van der Waals surface area contributed by atoms with Gasteiger partial charge in [-0.3, -0.25) is 0 Å². The standard InChI is InChI=1S/C12H12Cl2N2/c13-12(14)7-10(16)5-6-11(12)8-1-3-9(15)4-2-8/h1-6H,7,15-16H2. The topological polar surface area (TPSA) is 52.0 Å². The lowest BCUT2D eigenvalue weighted by Gasteiger charge is -2.26. The molecule has 0 radical (unpaired) electrons. The maximum absolute atomic E-state index is 6.25. The van der Waals surface area contributed by atoms with E-state index in [2.05, 4.69) is 0 Å². The molecule has 0 aromatic heterocycles. The van der Waals surface area contributed by atoms with E-state index < -0.39 is 4.33 Å². The van der Waals surface area contributed by atoms with Crippen molar-refractivity contribution in [2.24, 2.45) is 5.73 Å². The van der Waals surface area contributed by atoms with Gasteiger partial charge in [-0.2, -0.15) is 0 Å². The van der Waals surface area contributed by atoms with E-state index in [9.17, 15) is 0 Å². The highest BCUT2D eigenvalue weighted by Gasteiger charge is 2.32. The second-order valence-corrected chi connectivity index (χ2v) is 5.31. The zero-order valence-corrected chi connectivity index (χ0v) is 10.1. The summed E-state index contributed by atoms with van der Waals surface area (Å²) in [6.07, 6.45) is 4.12. The fourth-order valence-electron chi connectivity index (χ4n) is 1.69. The van der Waals surface area contributed by atoms with Crippen LogP contribution in [-0.2, 0) is 0 Å². The molecule has 4 heteroatoms. The molecule has 0 aliphatic heterocycles. The molecular weight excluding hydrogens is 243 g/mol. The molecule has 0 amide bonds. The highest BCUT2D eigenvalue weighted by Crippen LogP contribution is 2.43. The molecule has 0 saturated heterocycles. The maximum Gasteiger partial charge on any atom is 0.149 e. The van der Waals surface area contributed by atoms with Crippen LogP contribution in [0.15, 0.2) is 42.1 Å². The van der Waals surface area contributed by atoms with Gasteiger partial charge in [0.2, 0.25) is 0 Å². The monoisotopic (exact) mass is 254 g/mol. The number of halogens is 2. The minimum Gasteiger partial charge on any atom is -0.402 e. The minimum absolute atomic E-state index is 0.437. The Bertz CT molecular complexity index is 458. The molecule has 1 aliphatic rings. The van der Waals surface area contributed by atoms with Crippen molar-refractivity contribution < 1.29 is 0 Å². The van der Waals surface area contributed by atoms with E-state index in [1.807, 2.05) is 36.4 Å². The highest BCUT2D eigenvalue weighted by atomic mass is 35.5. The summed E-state index contributed by atoms with van der Waals surface area (Å²) in [6, 6.07) is 7.44. The van der Waals surface area contributed by atoms with Crippen LogP contribution in [0, 0.1) is 0 Å². The van der Waals surface area contributed by atoms with Crippen molar-refractivity contribution in [1.29, 1.82) is 0 Å². The molecule has 0 saturated carbocycles. The first-order valence-electron chi connectivity index (χ1n) is 4.89. The molecule has 2 nitrogen and oxygen atoms in total. The number of nitrogen functional groups attached to an aromatic ring is 1. The van der Waals surface area contributed by atoms with E-state index >= 15 is 0 Å². The summed E-state index contributed by atoms with van der Waals surface area (Å²) in [6.45, 7) is 0. The van der Waals surface area contributed by atoms with Crippen LogP contribution in [0.3, 0.4) is 0 Å². The number of hydrogen-bond donors (Lipinski definition) is 2. The number of rotatable bonds is 1. The first-order valence-corrected chi connectivity index (χ1v) is 5.65. The molecule has 1 aromatic carbocycles. The third-order valence-corrected chi connectivity index (χ3v) is 3.18. The Morgan fingerprint density at radius 2 is 1.62 bits per heavy atom. The van der Waals surface area contributed by atoms with Gasteiger partial charge in [0.15, 0.2) is 0 Å². The number of hydrogen-bond acceptors (Lipinski definition) is 2. The Hall–Kier alpha value is -1.12. The minimum atomic E-state index is -0.963. The highest BCUT2D eigenvalue weighted by molar-refractivity contribution is 6.54. The normalized spacial score (nSPS) is 18.9. The Morgan fingerprint density at radius 1 is 1.00 bits per heavy atom. The zero-order chi connectivity index (χ0) is 11.8. The van der Waals surface area contributed by atoms with Crippen LogP contribution in [0.4, 0.5) is 5.69 Å². The Labute approximate surface area is 105 Å². The largest absolute Gasteiger partial charge is 0.402 e. The van der Waals surface area contributed by atoms with Crippen molar-refractivity contribution in [3.63, 3.8) is 0 Å². The summed E-state index contributed by atoms with van der Waals surface area (Å²) in [7, 11) is 0. The molecular formula is C12H12Cl2N2. The van der Waals surface area contributed by atoms with E-state index in [0.29, 0.717) is 17.8 Å². The summed E-state index contributed by atoms with van der Waals surface area (Å²) in [5, 5.41) is 0. The lowest BCUT2D eigenvalue weighted by molar-refractivity contribution is 0.905. The van der Waals surface area contributed by atoms with Crippen LogP contribution < -0.4 is 11.5 Å². The molecule has 16 heavy (non-hydrogen) atoms. The summed E-state index contributed by atoms with van der Waals surface area (Å²) in [5.41, 5.74) is 14.5. The van der Waals surface area contributed by atoms with Crippen molar-refractivity contribution in [3.8, 4) is 0 Å². The number of allylic oxidation sites excluding steroid dienone is 4. The quantitative estimate of drug-likeness (QED) is 0.598. The van der Waals surface area contributed by atoms with Crippen LogP contribution in [0.1, 0.15) is 12.0 Å². The van der Waals surface area contributed by atoms with Gasteiger partial charge < -0.3 is 11.5 Å². The van der Waals surface area contributed by atoms with Crippen LogP contribution in [0.25, 0.3) is 5.57 Å². The summed E-state index contributed by atoms with van der Waals surface area (Å²) in [4.78, 5) is 0. The Morgan fingerprint density at radius 3 is 2.19 bits per heavy atom. The van der Waals surface area contributed by atoms with Gasteiger partial charge in [0.1, 0.15) is 4.33 Å². The van der Waals surface area contributed by atoms with Gasteiger partial charge >= 0.3 is 0 Å². The zero-order valence-electron chi connectivity index (χ0n) is 8.58. The van der Waals surface area contributed by atoms with Gasteiger partial charge in [-0.15, -0.1) is 0 Å². The van der Waals surface area contributed by atoms with Crippen LogP contribution in [0.5, 0.6) is 0 Å².